The van der Waals surface area contributed by atoms with Crippen LogP contribution in [0, 0.1) is 29.6 Å². The number of aliphatic hydroxyl groups is 1. The van der Waals surface area contributed by atoms with Crippen LogP contribution < -0.4 is 0 Å². The first-order valence-corrected chi connectivity index (χ1v) is 8.61. The molecular formula is C18H34O. The summed E-state index contributed by atoms with van der Waals surface area (Å²) >= 11 is 0. The first-order valence-electron chi connectivity index (χ1n) is 8.61. The van der Waals surface area contributed by atoms with E-state index in [-0.39, 0.29) is 5.60 Å². The third-order valence-electron chi connectivity index (χ3n) is 5.61. The van der Waals surface area contributed by atoms with E-state index < -0.39 is 0 Å². The molecule has 1 heteroatoms. The van der Waals surface area contributed by atoms with Gasteiger partial charge in [-0.3, -0.25) is 0 Å². The molecule has 0 saturated heterocycles. The molecule has 1 nitrogen and oxygen atoms in total. The molecule has 2 aliphatic rings. The van der Waals surface area contributed by atoms with E-state index in [1.54, 1.807) is 0 Å². The van der Waals surface area contributed by atoms with E-state index in [2.05, 4.69) is 27.7 Å². The van der Waals surface area contributed by atoms with E-state index in [1.807, 2.05) is 0 Å². The lowest BCUT2D eigenvalue weighted by molar-refractivity contribution is -0.0893. The van der Waals surface area contributed by atoms with Crippen molar-refractivity contribution in [3.63, 3.8) is 0 Å². The van der Waals surface area contributed by atoms with Gasteiger partial charge in [-0.15, -0.1) is 0 Å². The van der Waals surface area contributed by atoms with Crippen molar-refractivity contribution in [2.24, 2.45) is 29.6 Å². The predicted molar refractivity (Wildman–Crippen MR) is 82.0 cm³/mol. The summed E-state index contributed by atoms with van der Waals surface area (Å²) in [6, 6.07) is 0. The molecule has 2 saturated carbocycles. The normalized spacial score (nSPS) is 44.5. The zero-order valence-electron chi connectivity index (χ0n) is 13.5. The Morgan fingerprint density at radius 1 is 1.11 bits per heavy atom. The second-order valence-corrected chi connectivity index (χ2v) is 8.31. The third-order valence-corrected chi connectivity index (χ3v) is 5.61. The molecular weight excluding hydrogens is 232 g/mol. The van der Waals surface area contributed by atoms with Gasteiger partial charge >= 0.3 is 0 Å². The fraction of sp³-hybridized carbons (Fsp3) is 1.00. The van der Waals surface area contributed by atoms with E-state index in [1.165, 1.54) is 38.5 Å². The monoisotopic (exact) mass is 266 g/mol. The maximum Gasteiger partial charge on any atom is 0.0678 e. The van der Waals surface area contributed by atoms with Crippen LogP contribution >= 0.6 is 0 Å². The molecule has 112 valence electrons. The van der Waals surface area contributed by atoms with Crippen molar-refractivity contribution in [2.45, 2.75) is 84.7 Å². The number of hydrogen-bond acceptors (Lipinski definition) is 1. The topological polar surface area (TPSA) is 20.2 Å². The van der Waals surface area contributed by atoms with Crippen LogP contribution in [0.3, 0.4) is 0 Å². The van der Waals surface area contributed by atoms with E-state index in [9.17, 15) is 5.11 Å². The Morgan fingerprint density at radius 3 is 2.32 bits per heavy atom. The van der Waals surface area contributed by atoms with Gasteiger partial charge in [0.1, 0.15) is 0 Å². The van der Waals surface area contributed by atoms with E-state index >= 15 is 0 Å². The fourth-order valence-corrected chi connectivity index (χ4v) is 5.03. The first kappa shape index (κ1) is 15.4. The highest BCUT2D eigenvalue weighted by Gasteiger charge is 2.43. The molecule has 0 radical (unpaired) electrons. The standard InChI is InChI=1S/C18H34O/c1-13(2)8-16-6-5-7-18(19,12-16)17-10-14(3)9-15(4)11-17/h13-17,19H,5-12H2,1-4H3. The Hall–Kier alpha value is -0.0400. The molecule has 0 spiro atoms. The second-order valence-electron chi connectivity index (χ2n) is 8.31. The van der Waals surface area contributed by atoms with Crippen LogP contribution in [0.4, 0.5) is 0 Å². The van der Waals surface area contributed by atoms with Crippen LogP contribution in [0.5, 0.6) is 0 Å². The van der Waals surface area contributed by atoms with Crippen molar-refractivity contribution in [3.05, 3.63) is 0 Å². The van der Waals surface area contributed by atoms with Gasteiger partial charge in [-0.25, -0.2) is 0 Å². The molecule has 2 aliphatic carbocycles. The van der Waals surface area contributed by atoms with Gasteiger partial charge in [0.05, 0.1) is 5.60 Å². The quantitative estimate of drug-likeness (QED) is 0.760. The fourth-order valence-electron chi connectivity index (χ4n) is 5.03. The van der Waals surface area contributed by atoms with Crippen LogP contribution in [-0.2, 0) is 0 Å². The van der Waals surface area contributed by atoms with Gasteiger partial charge in [0.25, 0.3) is 0 Å². The largest absolute Gasteiger partial charge is 0.390 e. The Labute approximate surface area is 120 Å². The van der Waals surface area contributed by atoms with Gasteiger partial charge in [0, 0.05) is 0 Å². The van der Waals surface area contributed by atoms with Gasteiger partial charge in [-0.05, 0) is 68.1 Å². The summed E-state index contributed by atoms with van der Waals surface area (Å²) in [4.78, 5) is 0. The minimum absolute atomic E-state index is 0.333. The summed E-state index contributed by atoms with van der Waals surface area (Å²) < 4.78 is 0. The minimum atomic E-state index is -0.333. The zero-order chi connectivity index (χ0) is 14.0. The molecule has 0 aromatic rings. The molecule has 4 atom stereocenters. The highest BCUT2D eigenvalue weighted by Crippen LogP contribution is 2.47. The van der Waals surface area contributed by atoms with Crippen molar-refractivity contribution < 1.29 is 5.11 Å². The lowest BCUT2D eigenvalue weighted by Gasteiger charge is -2.46. The maximum absolute atomic E-state index is 11.2. The smallest absolute Gasteiger partial charge is 0.0678 e. The summed E-state index contributed by atoms with van der Waals surface area (Å²) in [6.45, 7) is 9.39. The van der Waals surface area contributed by atoms with Crippen LogP contribution in [0.2, 0.25) is 0 Å². The molecule has 0 aliphatic heterocycles. The summed E-state index contributed by atoms with van der Waals surface area (Å²) in [6.07, 6.45) is 9.92. The summed E-state index contributed by atoms with van der Waals surface area (Å²) in [5.74, 6) is 3.73. The second kappa shape index (κ2) is 6.16. The molecule has 2 fully saturated rings. The van der Waals surface area contributed by atoms with Crippen LogP contribution in [-0.4, -0.2) is 10.7 Å². The highest BCUT2D eigenvalue weighted by molar-refractivity contribution is 4.95. The Kier molecular flexibility index (Phi) is 4.98. The van der Waals surface area contributed by atoms with Crippen LogP contribution in [0.25, 0.3) is 0 Å². The maximum atomic E-state index is 11.2. The molecule has 0 aromatic carbocycles. The first-order chi connectivity index (χ1) is 8.89. The Morgan fingerprint density at radius 2 is 1.74 bits per heavy atom. The van der Waals surface area contributed by atoms with Crippen LogP contribution in [0.15, 0.2) is 0 Å². The van der Waals surface area contributed by atoms with Crippen molar-refractivity contribution in [1.82, 2.24) is 0 Å². The highest BCUT2D eigenvalue weighted by atomic mass is 16.3. The lowest BCUT2D eigenvalue weighted by atomic mass is 9.63. The van der Waals surface area contributed by atoms with E-state index in [4.69, 9.17) is 0 Å². The van der Waals surface area contributed by atoms with E-state index in [0.29, 0.717) is 5.92 Å². The molecule has 0 heterocycles. The average Bonchev–Trinajstić information content (AvgIpc) is 2.26. The van der Waals surface area contributed by atoms with E-state index in [0.717, 1.165) is 36.5 Å². The van der Waals surface area contributed by atoms with Crippen molar-refractivity contribution >= 4 is 0 Å². The molecule has 0 aromatic heterocycles. The summed E-state index contributed by atoms with van der Waals surface area (Å²) in [7, 11) is 0. The molecule has 1 N–H and O–H groups in total. The Balaban J connectivity index is 2.00. The SMILES string of the molecule is CC(C)CC1CCCC(O)(C2CC(C)CC(C)C2)C1. The Bertz CT molecular complexity index is 275. The minimum Gasteiger partial charge on any atom is -0.390 e. The van der Waals surface area contributed by atoms with Gasteiger partial charge in [-0.1, -0.05) is 40.5 Å². The number of rotatable bonds is 3. The molecule has 0 amide bonds. The molecule has 2 rings (SSSR count). The summed E-state index contributed by atoms with van der Waals surface area (Å²) in [5.41, 5.74) is -0.333. The van der Waals surface area contributed by atoms with Crippen molar-refractivity contribution in [3.8, 4) is 0 Å². The van der Waals surface area contributed by atoms with Gasteiger partial charge in [0.2, 0.25) is 0 Å². The lowest BCUT2D eigenvalue weighted by Crippen LogP contribution is -2.45. The van der Waals surface area contributed by atoms with Crippen molar-refractivity contribution in [1.29, 1.82) is 0 Å². The molecule has 0 bridgehead atoms. The average molecular weight is 266 g/mol. The molecule has 19 heavy (non-hydrogen) atoms. The number of hydrogen-bond donors (Lipinski definition) is 1. The van der Waals surface area contributed by atoms with Gasteiger partial charge < -0.3 is 5.11 Å². The molecule has 4 unspecified atom stereocenters. The predicted octanol–water partition coefficient (Wildman–Crippen LogP) is 5.03. The van der Waals surface area contributed by atoms with Crippen molar-refractivity contribution in [2.75, 3.05) is 0 Å². The van der Waals surface area contributed by atoms with Gasteiger partial charge in [0.15, 0.2) is 0 Å². The zero-order valence-corrected chi connectivity index (χ0v) is 13.5. The summed E-state index contributed by atoms with van der Waals surface area (Å²) in [5, 5.41) is 11.2. The van der Waals surface area contributed by atoms with Crippen LogP contribution in [0.1, 0.15) is 79.1 Å². The third kappa shape index (κ3) is 3.97. The van der Waals surface area contributed by atoms with Gasteiger partial charge in [-0.2, -0.15) is 0 Å².